The Morgan fingerprint density at radius 1 is 1.11 bits per heavy atom. The van der Waals surface area contributed by atoms with Gasteiger partial charge in [0.05, 0.1) is 17.0 Å². The number of amides is 2. The van der Waals surface area contributed by atoms with Crippen LogP contribution in [0.1, 0.15) is 57.4 Å². The van der Waals surface area contributed by atoms with Gasteiger partial charge in [0.25, 0.3) is 0 Å². The molecule has 2 aromatic rings. The zero-order chi connectivity index (χ0) is 27.9. The number of nitrogens with one attached hydrogen (secondary N) is 1. The van der Waals surface area contributed by atoms with Crippen molar-refractivity contribution in [2.45, 2.75) is 70.5 Å². The van der Waals surface area contributed by atoms with Crippen molar-refractivity contribution >= 4 is 66.7 Å². The van der Waals surface area contributed by atoms with E-state index in [1.54, 1.807) is 17.9 Å². The van der Waals surface area contributed by atoms with Crippen molar-refractivity contribution in [3.63, 3.8) is 0 Å². The molecule has 1 aliphatic carbocycles. The molecule has 1 unspecified atom stereocenters. The van der Waals surface area contributed by atoms with Crippen molar-refractivity contribution in [3.05, 3.63) is 62.5 Å². The minimum absolute atomic E-state index is 0.0397. The summed E-state index contributed by atoms with van der Waals surface area (Å²) < 4.78 is 27.1. The van der Waals surface area contributed by atoms with Crippen LogP contribution in [0.5, 0.6) is 0 Å². The monoisotopic (exact) mass is 645 g/mol. The molecule has 2 amide bonds. The summed E-state index contributed by atoms with van der Waals surface area (Å²) in [5.74, 6) is -0.411. The standard InChI is InChI=1S/C27H34BrCl2N3O4S/c1-19(27(35)31-23-10-4-3-5-11-23)32(18-20-8-6-9-21(28)16-20)26(34)12-7-15-33(38(2,36)37)25-17-22(29)13-14-24(25)30/h6,8-9,13-14,16-17,19,23H,3-5,7,10-12,15,18H2,1-2H3,(H,31,35). The lowest BCUT2D eigenvalue weighted by Gasteiger charge is -2.31. The van der Waals surface area contributed by atoms with Crippen LogP contribution in [0.15, 0.2) is 46.9 Å². The molecule has 0 radical (unpaired) electrons. The Morgan fingerprint density at radius 3 is 2.47 bits per heavy atom. The molecule has 0 heterocycles. The van der Waals surface area contributed by atoms with Crippen LogP contribution in [0.25, 0.3) is 0 Å². The molecule has 3 rings (SSSR count). The van der Waals surface area contributed by atoms with Crippen molar-refractivity contribution in [1.82, 2.24) is 10.2 Å². The zero-order valence-electron chi connectivity index (χ0n) is 21.6. The van der Waals surface area contributed by atoms with Crippen molar-refractivity contribution in [1.29, 1.82) is 0 Å². The van der Waals surface area contributed by atoms with Gasteiger partial charge in [0, 0.05) is 35.0 Å². The van der Waals surface area contributed by atoms with Gasteiger partial charge in [0.15, 0.2) is 0 Å². The lowest BCUT2D eigenvalue weighted by Crippen LogP contribution is -2.50. The molecule has 1 aliphatic rings. The summed E-state index contributed by atoms with van der Waals surface area (Å²) >= 11 is 15.8. The van der Waals surface area contributed by atoms with Gasteiger partial charge in [0.2, 0.25) is 21.8 Å². The molecule has 0 saturated heterocycles. The summed E-state index contributed by atoms with van der Waals surface area (Å²) in [7, 11) is -3.68. The predicted octanol–water partition coefficient (Wildman–Crippen LogP) is 6.17. The highest BCUT2D eigenvalue weighted by molar-refractivity contribution is 9.10. The first-order valence-corrected chi connectivity index (χ1v) is 16.1. The number of sulfonamides is 1. The molecular weight excluding hydrogens is 613 g/mol. The van der Waals surface area contributed by atoms with E-state index in [-0.39, 0.29) is 54.5 Å². The van der Waals surface area contributed by atoms with Crippen molar-refractivity contribution < 1.29 is 18.0 Å². The summed E-state index contributed by atoms with van der Waals surface area (Å²) in [5, 5.41) is 3.72. The number of rotatable bonds is 11. The molecule has 1 atom stereocenters. The molecule has 2 aromatic carbocycles. The molecule has 1 N–H and O–H groups in total. The number of hydrogen-bond donors (Lipinski definition) is 1. The van der Waals surface area contributed by atoms with Gasteiger partial charge < -0.3 is 10.2 Å². The highest BCUT2D eigenvalue weighted by Gasteiger charge is 2.28. The molecule has 0 bridgehead atoms. The fourth-order valence-corrected chi connectivity index (χ4v) is 6.49. The summed E-state index contributed by atoms with van der Waals surface area (Å²) in [6.07, 6.45) is 6.64. The van der Waals surface area contributed by atoms with E-state index in [0.717, 1.165) is 46.3 Å². The van der Waals surface area contributed by atoms with E-state index in [0.29, 0.717) is 5.02 Å². The normalized spacial score (nSPS) is 15.1. The molecule has 0 spiro atoms. The Morgan fingerprint density at radius 2 is 1.82 bits per heavy atom. The summed E-state index contributed by atoms with van der Waals surface area (Å²) in [5.41, 5.74) is 1.15. The van der Waals surface area contributed by atoms with Crippen LogP contribution in [0.4, 0.5) is 5.69 Å². The molecule has 1 saturated carbocycles. The highest BCUT2D eigenvalue weighted by Crippen LogP contribution is 2.31. The number of halogens is 3. The van der Waals surface area contributed by atoms with Crippen molar-refractivity contribution in [2.24, 2.45) is 0 Å². The maximum atomic E-state index is 13.5. The molecule has 11 heteroatoms. The number of carbonyl (C=O) groups excluding carboxylic acids is 2. The average Bonchev–Trinajstić information content (AvgIpc) is 2.86. The second-order valence-electron chi connectivity index (χ2n) is 9.71. The first-order chi connectivity index (χ1) is 18.0. The predicted molar refractivity (Wildman–Crippen MR) is 157 cm³/mol. The smallest absolute Gasteiger partial charge is 0.242 e. The lowest BCUT2D eigenvalue weighted by molar-refractivity contribution is -0.141. The van der Waals surface area contributed by atoms with Crippen LogP contribution in [0.3, 0.4) is 0 Å². The van der Waals surface area contributed by atoms with Crippen LogP contribution in [0, 0.1) is 0 Å². The van der Waals surface area contributed by atoms with E-state index < -0.39 is 16.1 Å². The minimum Gasteiger partial charge on any atom is -0.352 e. The average molecular weight is 647 g/mol. The third-order valence-electron chi connectivity index (χ3n) is 6.69. The van der Waals surface area contributed by atoms with Crippen LogP contribution in [-0.2, 0) is 26.2 Å². The third-order valence-corrected chi connectivity index (χ3v) is 8.92. The molecule has 38 heavy (non-hydrogen) atoms. The minimum atomic E-state index is -3.68. The van der Waals surface area contributed by atoms with Crippen LogP contribution in [-0.4, -0.2) is 50.0 Å². The Balaban J connectivity index is 1.74. The number of carbonyl (C=O) groups is 2. The molecule has 7 nitrogen and oxygen atoms in total. The topological polar surface area (TPSA) is 86.8 Å². The van der Waals surface area contributed by atoms with E-state index >= 15 is 0 Å². The quantitative estimate of drug-likeness (QED) is 0.316. The fourth-order valence-electron chi connectivity index (χ4n) is 4.64. The van der Waals surface area contributed by atoms with Gasteiger partial charge in [-0.05, 0) is 62.1 Å². The van der Waals surface area contributed by atoms with Gasteiger partial charge in [0.1, 0.15) is 6.04 Å². The van der Waals surface area contributed by atoms with Crippen molar-refractivity contribution in [3.8, 4) is 0 Å². The van der Waals surface area contributed by atoms with Gasteiger partial charge in [-0.3, -0.25) is 13.9 Å². The first kappa shape index (κ1) is 30.7. The number of hydrogen-bond acceptors (Lipinski definition) is 4. The number of benzene rings is 2. The first-order valence-electron chi connectivity index (χ1n) is 12.7. The summed E-state index contributed by atoms with van der Waals surface area (Å²) in [6, 6.07) is 11.7. The van der Waals surface area contributed by atoms with Crippen LogP contribution < -0.4 is 9.62 Å². The Bertz CT molecular complexity index is 1240. The molecular formula is C27H34BrCl2N3O4S. The number of nitrogens with zero attached hydrogens (tertiary/aromatic N) is 2. The fraction of sp³-hybridized carbons (Fsp3) is 0.481. The summed E-state index contributed by atoms with van der Waals surface area (Å²) in [4.78, 5) is 28.2. The molecule has 208 valence electrons. The maximum Gasteiger partial charge on any atom is 0.242 e. The second kappa shape index (κ2) is 14.0. The summed E-state index contributed by atoms with van der Waals surface area (Å²) in [6.45, 7) is 2.04. The largest absolute Gasteiger partial charge is 0.352 e. The van der Waals surface area contributed by atoms with E-state index in [1.807, 2.05) is 24.3 Å². The molecule has 0 aromatic heterocycles. The van der Waals surface area contributed by atoms with Crippen LogP contribution in [0.2, 0.25) is 10.0 Å². The van der Waals surface area contributed by atoms with E-state index in [1.165, 1.54) is 18.6 Å². The van der Waals surface area contributed by atoms with Gasteiger partial charge in [-0.2, -0.15) is 0 Å². The highest BCUT2D eigenvalue weighted by atomic mass is 79.9. The molecule has 0 aliphatic heterocycles. The number of anilines is 1. The third kappa shape index (κ3) is 8.86. The Hall–Kier alpha value is -1.81. The van der Waals surface area contributed by atoms with Crippen molar-refractivity contribution in [2.75, 3.05) is 17.1 Å². The zero-order valence-corrected chi connectivity index (χ0v) is 25.5. The van der Waals surface area contributed by atoms with Gasteiger partial charge >= 0.3 is 0 Å². The van der Waals surface area contributed by atoms with Gasteiger partial charge in [-0.25, -0.2) is 8.42 Å². The second-order valence-corrected chi connectivity index (χ2v) is 13.4. The lowest BCUT2D eigenvalue weighted by atomic mass is 9.95. The molecule has 1 fully saturated rings. The van der Waals surface area contributed by atoms with Crippen LogP contribution >= 0.6 is 39.1 Å². The van der Waals surface area contributed by atoms with E-state index in [4.69, 9.17) is 23.2 Å². The van der Waals surface area contributed by atoms with E-state index in [9.17, 15) is 18.0 Å². The van der Waals surface area contributed by atoms with Gasteiger partial charge in [-0.15, -0.1) is 0 Å². The Labute approximate surface area is 244 Å². The van der Waals surface area contributed by atoms with E-state index in [2.05, 4.69) is 21.2 Å². The maximum absolute atomic E-state index is 13.5. The Kier molecular flexibility index (Phi) is 11.3. The SMILES string of the molecule is CC(C(=O)NC1CCCCC1)N(Cc1cccc(Br)c1)C(=O)CCCN(c1cc(Cl)ccc1Cl)S(C)(=O)=O. The van der Waals surface area contributed by atoms with Gasteiger partial charge in [-0.1, -0.05) is 70.5 Å².